The summed E-state index contributed by atoms with van der Waals surface area (Å²) in [6, 6.07) is -0.316. The zero-order chi connectivity index (χ0) is 18.9. The highest BCUT2D eigenvalue weighted by molar-refractivity contribution is 7.91. The van der Waals surface area contributed by atoms with Crippen LogP contribution in [0.4, 0.5) is 0 Å². The summed E-state index contributed by atoms with van der Waals surface area (Å²) in [5.74, 6) is 0.351. The van der Waals surface area contributed by atoms with E-state index in [-0.39, 0.29) is 29.5 Å². The van der Waals surface area contributed by atoms with Gasteiger partial charge >= 0.3 is 0 Å². The van der Waals surface area contributed by atoms with E-state index in [9.17, 15) is 13.2 Å². The molecule has 7 nitrogen and oxygen atoms in total. The van der Waals surface area contributed by atoms with Gasteiger partial charge in [0, 0.05) is 49.9 Å². The minimum absolute atomic E-state index is 0.0965. The number of aromatic nitrogens is 2. The van der Waals surface area contributed by atoms with Crippen LogP contribution >= 0.6 is 0 Å². The molecule has 146 valence electrons. The van der Waals surface area contributed by atoms with Gasteiger partial charge < -0.3 is 4.90 Å². The molecule has 0 bridgehead atoms. The summed E-state index contributed by atoms with van der Waals surface area (Å²) in [4.78, 5) is 16.6. The molecule has 0 N–H and O–H groups in total. The van der Waals surface area contributed by atoms with Gasteiger partial charge in [-0.25, -0.2) is 8.42 Å². The van der Waals surface area contributed by atoms with Crippen molar-refractivity contribution in [2.75, 3.05) is 24.6 Å². The first-order valence-corrected chi connectivity index (χ1v) is 11.4. The minimum Gasteiger partial charge on any atom is -0.336 e. The lowest BCUT2D eigenvalue weighted by atomic mass is 10.0. The lowest BCUT2D eigenvalue weighted by molar-refractivity contribution is -0.137. The molecule has 8 heteroatoms. The Bertz CT molecular complexity index is 758. The van der Waals surface area contributed by atoms with Gasteiger partial charge in [0.1, 0.15) is 0 Å². The molecule has 2 aliphatic rings. The summed E-state index contributed by atoms with van der Waals surface area (Å²) in [7, 11) is -3.11. The molecule has 0 saturated carbocycles. The van der Waals surface area contributed by atoms with E-state index in [4.69, 9.17) is 0 Å². The molecule has 0 aromatic carbocycles. The third kappa shape index (κ3) is 3.81. The van der Waals surface area contributed by atoms with E-state index >= 15 is 0 Å². The fraction of sp³-hybridized carbons (Fsp3) is 0.778. The molecule has 2 fully saturated rings. The predicted molar refractivity (Wildman–Crippen MR) is 101 cm³/mol. The maximum absolute atomic E-state index is 12.6. The normalized spacial score (nSPS) is 25.4. The van der Waals surface area contributed by atoms with Gasteiger partial charge in [0.05, 0.1) is 23.7 Å². The first kappa shape index (κ1) is 19.4. The Morgan fingerprint density at radius 3 is 2.62 bits per heavy atom. The van der Waals surface area contributed by atoms with Crippen LogP contribution in [0.25, 0.3) is 0 Å². The number of piperazine rings is 1. The monoisotopic (exact) mass is 382 g/mol. The largest absolute Gasteiger partial charge is 0.336 e. The highest BCUT2D eigenvalue weighted by atomic mass is 32.2. The van der Waals surface area contributed by atoms with Crippen molar-refractivity contribution < 1.29 is 13.2 Å². The summed E-state index contributed by atoms with van der Waals surface area (Å²) < 4.78 is 26.6. The molecule has 2 saturated heterocycles. The van der Waals surface area contributed by atoms with Gasteiger partial charge in [-0.1, -0.05) is 13.3 Å². The number of sulfone groups is 1. The Hall–Kier alpha value is -1.41. The summed E-state index contributed by atoms with van der Waals surface area (Å²) in [5.41, 5.74) is 2.27. The second-order valence-corrected chi connectivity index (χ2v) is 9.60. The second kappa shape index (κ2) is 7.68. The van der Waals surface area contributed by atoms with Crippen molar-refractivity contribution in [3.8, 4) is 0 Å². The maximum Gasteiger partial charge on any atom is 0.222 e. The predicted octanol–water partition coefficient (Wildman–Crippen LogP) is 1.21. The molecular formula is C18H30N4O3S. The second-order valence-electron chi connectivity index (χ2n) is 7.44. The SMILES string of the molecule is CCCCC(=O)N1CCN(Cc2cnn(CC)c2C)[C@H]2CS(=O)(=O)C[C@H]21. The molecule has 3 rings (SSSR count). The van der Waals surface area contributed by atoms with E-state index in [2.05, 4.69) is 30.8 Å². The molecule has 26 heavy (non-hydrogen) atoms. The van der Waals surface area contributed by atoms with E-state index in [1.165, 1.54) is 0 Å². The number of carbonyl (C=O) groups is 1. The first-order chi connectivity index (χ1) is 12.4. The standard InChI is InChI=1S/C18H30N4O3S/c1-4-6-7-18(23)21-9-8-20(16-12-26(24,25)13-17(16)21)11-15-10-19-22(5-2)14(15)3/h10,16-17H,4-9,11-13H2,1-3H3/t16-,17+/m0/s1. The highest BCUT2D eigenvalue weighted by Gasteiger charge is 2.47. The minimum atomic E-state index is -3.11. The number of hydrogen-bond donors (Lipinski definition) is 0. The topological polar surface area (TPSA) is 75.5 Å². The molecule has 1 amide bonds. The van der Waals surface area contributed by atoms with Crippen LogP contribution in [0.1, 0.15) is 44.4 Å². The number of nitrogens with zero attached hydrogens (tertiary/aromatic N) is 4. The first-order valence-electron chi connectivity index (χ1n) is 9.61. The number of unbranched alkanes of at least 4 members (excludes halogenated alkanes) is 1. The number of rotatable bonds is 6. The van der Waals surface area contributed by atoms with Crippen LogP contribution in [0.2, 0.25) is 0 Å². The Labute approximate surface area is 156 Å². The fourth-order valence-electron chi connectivity index (χ4n) is 4.18. The quantitative estimate of drug-likeness (QED) is 0.739. The summed E-state index contributed by atoms with van der Waals surface area (Å²) in [6.07, 6.45) is 4.23. The summed E-state index contributed by atoms with van der Waals surface area (Å²) in [6.45, 7) is 9.02. The molecule has 0 spiro atoms. The molecule has 2 atom stereocenters. The molecule has 2 aliphatic heterocycles. The van der Waals surface area contributed by atoms with Crippen LogP contribution < -0.4 is 0 Å². The van der Waals surface area contributed by atoms with Crippen molar-refractivity contribution in [1.82, 2.24) is 19.6 Å². The maximum atomic E-state index is 12.6. The van der Waals surface area contributed by atoms with Crippen molar-refractivity contribution in [3.63, 3.8) is 0 Å². The number of fused-ring (bicyclic) bond motifs is 1. The number of aryl methyl sites for hydroxylation is 1. The third-order valence-corrected chi connectivity index (χ3v) is 7.43. The van der Waals surface area contributed by atoms with Crippen molar-refractivity contribution in [3.05, 3.63) is 17.5 Å². The number of hydrogen-bond acceptors (Lipinski definition) is 5. The van der Waals surface area contributed by atoms with E-state index in [1.807, 2.05) is 15.8 Å². The van der Waals surface area contributed by atoms with Gasteiger partial charge in [-0.15, -0.1) is 0 Å². The fourth-order valence-corrected chi connectivity index (χ4v) is 6.19. The zero-order valence-electron chi connectivity index (χ0n) is 16.0. The molecule has 3 heterocycles. The molecule has 0 radical (unpaired) electrons. The Morgan fingerprint density at radius 2 is 1.96 bits per heavy atom. The van der Waals surface area contributed by atoms with Gasteiger partial charge in [0.25, 0.3) is 0 Å². The van der Waals surface area contributed by atoms with Crippen molar-refractivity contribution in [2.45, 2.75) is 65.2 Å². The average Bonchev–Trinajstić information content (AvgIpc) is 3.11. The van der Waals surface area contributed by atoms with E-state index in [1.54, 1.807) is 0 Å². The summed E-state index contributed by atoms with van der Waals surface area (Å²) in [5, 5.41) is 4.40. The van der Waals surface area contributed by atoms with Gasteiger partial charge in [0.2, 0.25) is 5.91 Å². The lowest BCUT2D eigenvalue weighted by Gasteiger charge is -2.44. The van der Waals surface area contributed by atoms with Crippen LogP contribution in [0, 0.1) is 6.92 Å². The molecular weight excluding hydrogens is 352 g/mol. The van der Waals surface area contributed by atoms with Crippen molar-refractivity contribution in [2.24, 2.45) is 0 Å². The van der Waals surface area contributed by atoms with Gasteiger partial charge in [-0.2, -0.15) is 5.10 Å². The molecule has 1 aromatic heterocycles. The average molecular weight is 383 g/mol. The van der Waals surface area contributed by atoms with Crippen LogP contribution in [-0.4, -0.2) is 70.6 Å². The number of carbonyl (C=O) groups excluding carboxylic acids is 1. The van der Waals surface area contributed by atoms with E-state index in [0.717, 1.165) is 30.6 Å². The Morgan fingerprint density at radius 1 is 1.23 bits per heavy atom. The smallest absolute Gasteiger partial charge is 0.222 e. The van der Waals surface area contributed by atoms with Crippen LogP contribution in [0.15, 0.2) is 6.20 Å². The molecule has 0 unspecified atom stereocenters. The zero-order valence-corrected chi connectivity index (χ0v) is 16.8. The highest BCUT2D eigenvalue weighted by Crippen LogP contribution is 2.29. The number of amides is 1. The summed E-state index contributed by atoms with van der Waals surface area (Å²) >= 11 is 0. The van der Waals surface area contributed by atoms with Crippen molar-refractivity contribution >= 4 is 15.7 Å². The van der Waals surface area contributed by atoms with Gasteiger partial charge in [0.15, 0.2) is 9.84 Å². The lowest BCUT2D eigenvalue weighted by Crippen LogP contribution is -2.60. The molecule has 0 aliphatic carbocycles. The van der Waals surface area contributed by atoms with Crippen LogP contribution in [0.3, 0.4) is 0 Å². The Kier molecular flexibility index (Phi) is 5.72. The van der Waals surface area contributed by atoms with Crippen LogP contribution in [0.5, 0.6) is 0 Å². The third-order valence-electron chi connectivity index (χ3n) is 5.73. The Balaban J connectivity index is 1.78. The van der Waals surface area contributed by atoms with E-state index < -0.39 is 9.84 Å². The van der Waals surface area contributed by atoms with E-state index in [0.29, 0.717) is 26.1 Å². The van der Waals surface area contributed by atoms with Gasteiger partial charge in [-0.05, 0) is 20.3 Å². The van der Waals surface area contributed by atoms with Crippen molar-refractivity contribution in [1.29, 1.82) is 0 Å². The van der Waals surface area contributed by atoms with Crippen LogP contribution in [-0.2, 0) is 27.7 Å². The molecule has 1 aromatic rings. The van der Waals surface area contributed by atoms with Gasteiger partial charge in [-0.3, -0.25) is 14.4 Å².